The van der Waals surface area contributed by atoms with Crippen molar-refractivity contribution in [1.29, 1.82) is 0 Å². The Hall–Kier alpha value is -3.46. The number of ether oxygens (including phenoxy) is 2. The van der Waals surface area contributed by atoms with Gasteiger partial charge in [0.2, 0.25) is 0 Å². The number of carbonyl (C=O) groups excluding carboxylic acids is 1. The second-order valence-electron chi connectivity index (χ2n) is 9.06. The monoisotopic (exact) mass is 532 g/mol. The van der Waals surface area contributed by atoms with Gasteiger partial charge < -0.3 is 25.4 Å². The van der Waals surface area contributed by atoms with Crippen LogP contribution in [0.15, 0.2) is 48.0 Å². The van der Waals surface area contributed by atoms with Gasteiger partial charge in [0.15, 0.2) is 0 Å². The highest BCUT2D eigenvalue weighted by Gasteiger charge is 2.16. The van der Waals surface area contributed by atoms with E-state index in [0.29, 0.717) is 35.1 Å². The van der Waals surface area contributed by atoms with Crippen molar-refractivity contribution in [3.05, 3.63) is 54.4 Å². The number of benzene rings is 2. The zero-order valence-corrected chi connectivity index (χ0v) is 23.4. The number of amides is 2. The van der Waals surface area contributed by atoms with Crippen molar-refractivity contribution in [2.75, 3.05) is 37.5 Å². The smallest absolute Gasteiger partial charge is 0.319 e. The molecule has 0 saturated heterocycles. The van der Waals surface area contributed by atoms with Crippen molar-refractivity contribution < 1.29 is 23.0 Å². The third-order valence-electron chi connectivity index (χ3n) is 5.11. The van der Waals surface area contributed by atoms with Crippen molar-refractivity contribution in [2.45, 2.75) is 59.5 Å². The van der Waals surface area contributed by atoms with Crippen LogP contribution >= 0.6 is 0 Å². The Morgan fingerprint density at radius 2 is 1.68 bits per heavy atom. The Morgan fingerprint density at radius 1 is 1.08 bits per heavy atom. The number of unbranched alkanes of at least 4 members (excludes halogenated alkanes) is 1. The van der Waals surface area contributed by atoms with E-state index in [2.05, 4.69) is 41.4 Å². The van der Waals surface area contributed by atoms with Gasteiger partial charge in [-0.3, -0.25) is 4.99 Å². The Labute approximate surface area is 225 Å². The third kappa shape index (κ3) is 12.7. The topological polar surface area (TPSA) is 84.0 Å². The van der Waals surface area contributed by atoms with E-state index < -0.39 is 17.5 Å². The number of halogens is 2. The van der Waals surface area contributed by atoms with Crippen molar-refractivity contribution in [2.24, 2.45) is 4.99 Å². The minimum atomic E-state index is -1.35. The van der Waals surface area contributed by atoms with E-state index >= 15 is 0 Å². The van der Waals surface area contributed by atoms with Crippen LogP contribution in [0, 0.1) is 5.82 Å². The van der Waals surface area contributed by atoms with Gasteiger partial charge in [-0.25, -0.2) is 13.6 Å². The van der Waals surface area contributed by atoms with Gasteiger partial charge in [0.1, 0.15) is 23.8 Å². The molecule has 0 spiro atoms. The van der Waals surface area contributed by atoms with Gasteiger partial charge in [-0.15, -0.1) is 0 Å². The first-order valence-corrected chi connectivity index (χ1v) is 12.8. The number of nitrogens with zero attached hydrogens (tertiary/aromatic N) is 1. The predicted octanol–water partition coefficient (Wildman–Crippen LogP) is 7.72. The fourth-order valence-electron chi connectivity index (χ4n) is 2.96. The van der Waals surface area contributed by atoms with E-state index in [4.69, 9.17) is 9.47 Å². The van der Waals surface area contributed by atoms with E-state index in [0.717, 1.165) is 0 Å². The maximum absolute atomic E-state index is 14.9. The van der Waals surface area contributed by atoms with Crippen LogP contribution in [0.25, 0.3) is 5.70 Å². The molecule has 0 radical (unpaired) electrons. The Bertz CT molecular complexity index is 1030. The van der Waals surface area contributed by atoms with Crippen LogP contribution < -0.4 is 20.7 Å². The van der Waals surface area contributed by atoms with E-state index in [9.17, 15) is 13.6 Å². The van der Waals surface area contributed by atoms with Crippen molar-refractivity contribution in [1.82, 2.24) is 5.32 Å². The van der Waals surface area contributed by atoms with Crippen LogP contribution in [0.2, 0.25) is 0 Å². The summed E-state index contributed by atoms with van der Waals surface area (Å²) in [4.78, 5) is 16.2. The highest BCUT2D eigenvalue weighted by molar-refractivity contribution is 5.90. The molecular formula is C29H42F2N4O3. The van der Waals surface area contributed by atoms with Gasteiger partial charge in [-0.05, 0) is 51.5 Å². The number of hydrogen-bond acceptors (Lipinski definition) is 5. The number of aliphatic imine (C=N–C) groups is 1. The first-order chi connectivity index (χ1) is 18.0. The van der Waals surface area contributed by atoms with Crippen LogP contribution in [0.4, 0.5) is 30.6 Å². The van der Waals surface area contributed by atoms with Crippen molar-refractivity contribution in [3.8, 4) is 5.75 Å². The molecule has 210 valence electrons. The molecule has 2 rings (SSSR count). The molecule has 0 aliphatic heterocycles. The molecule has 7 nitrogen and oxygen atoms in total. The van der Waals surface area contributed by atoms with Crippen LogP contribution in [0.3, 0.4) is 0 Å². The number of nitrogens with one attached hydrogen (secondary N) is 3. The molecule has 2 amide bonds. The zero-order valence-electron chi connectivity index (χ0n) is 23.4. The van der Waals surface area contributed by atoms with E-state index in [1.807, 2.05) is 0 Å². The quantitative estimate of drug-likeness (QED) is 0.182. The molecule has 0 aliphatic carbocycles. The highest BCUT2D eigenvalue weighted by atomic mass is 19.1. The molecule has 0 saturated carbocycles. The molecule has 0 bridgehead atoms. The van der Waals surface area contributed by atoms with Crippen LogP contribution in [0.5, 0.6) is 5.75 Å². The molecule has 2 aromatic carbocycles. The maximum Gasteiger partial charge on any atom is 0.319 e. The van der Waals surface area contributed by atoms with Gasteiger partial charge in [0.25, 0.3) is 0 Å². The minimum absolute atomic E-state index is 0.215. The highest BCUT2D eigenvalue weighted by Crippen LogP contribution is 2.33. The number of hydrogen-bond donors (Lipinski definition) is 3. The molecule has 38 heavy (non-hydrogen) atoms. The number of alkyl halides is 1. The summed E-state index contributed by atoms with van der Waals surface area (Å²) in [5, 5.41) is 8.35. The molecule has 0 atom stereocenters. The van der Waals surface area contributed by atoms with Crippen LogP contribution in [-0.4, -0.2) is 44.8 Å². The summed E-state index contributed by atoms with van der Waals surface area (Å²) >= 11 is 0. The first-order valence-electron chi connectivity index (χ1n) is 12.8. The molecule has 9 heteroatoms. The molecular weight excluding hydrogens is 490 g/mol. The fraction of sp³-hybridized carbons (Fsp3) is 0.448. The summed E-state index contributed by atoms with van der Waals surface area (Å²) in [7, 11) is 1.56. The van der Waals surface area contributed by atoms with E-state index in [1.165, 1.54) is 32.8 Å². The van der Waals surface area contributed by atoms with Crippen LogP contribution in [0.1, 0.15) is 59.4 Å². The minimum Gasteiger partial charge on any atom is -0.491 e. The largest absolute Gasteiger partial charge is 0.491 e. The Morgan fingerprint density at radius 3 is 2.21 bits per heavy atom. The number of anilines is 2. The lowest BCUT2D eigenvalue weighted by molar-refractivity contribution is 0.146. The number of urea groups is 1. The summed E-state index contributed by atoms with van der Waals surface area (Å²) in [5.74, 6) is -0.185. The van der Waals surface area contributed by atoms with Gasteiger partial charge >= 0.3 is 6.03 Å². The molecule has 3 N–H and O–H groups in total. The van der Waals surface area contributed by atoms with Gasteiger partial charge in [0.05, 0.1) is 17.9 Å². The number of carbonyl (C=O) groups is 1. The standard InChI is InChI=1S/C25H32F2N4O3.C4H10/c1-6-28-22-16-20(34-14-13-33-5)15-21(26)23(22)17(2)30-18-7-9-19(10-8-18)31-24(32)29-12-11-25(3,4)27;1-3-4-2/h6-10,15-16,30H,2,11-14H2,1,3-5H3,(H2,29,31,32);3-4H2,1-2H3. The summed E-state index contributed by atoms with van der Waals surface area (Å²) < 4.78 is 38.9. The molecule has 2 aromatic rings. The SMILES string of the molecule is C=C(Nc1ccc(NC(=O)NCCC(C)(C)F)cc1)c1c(F)cc(OCCOC)cc1N=CC.CCCC. The van der Waals surface area contributed by atoms with Gasteiger partial charge in [0, 0.05) is 49.1 Å². The number of rotatable bonds is 13. The molecule has 0 aromatic heterocycles. The third-order valence-corrected chi connectivity index (χ3v) is 5.11. The molecule has 0 unspecified atom stereocenters. The predicted molar refractivity (Wildman–Crippen MR) is 154 cm³/mol. The van der Waals surface area contributed by atoms with E-state index in [-0.39, 0.29) is 25.1 Å². The summed E-state index contributed by atoms with van der Waals surface area (Å²) in [5.41, 5.74) is 0.749. The lowest BCUT2D eigenvalue weighted by Gasteiger charge is -2.16. The lowest BCUT2D eigenvalue weighted by Crippen LogP contribution is -2.32. The lowest BCUT2D eigenvalue weighted by atomic mass is 10.1. The maximum atomic E-state index is 14.9. The second kappa shape index (κ2) is 17.1. The Kier molecular flexibility index (Phi) is 14.7. The van der Waals surface area contributed by atoms with Gasteiger partial charge in [-0.1, -0.05) is 33.3 Å². The van der Waals surface area contributed by atoms with Crippen molar-refractivity contribution >= 4 is 35.0 Å². The van der Waals surface area contributed by atoms with Crippen LogP contribution in [-0.2, 0) is 4.74 Å². The molecule has 0 fully saturated rings. The molecule has 0 aliphatic rings. The van der Waals surface area contributed by atoms with Gasteiger partial charge in [-0.2, -0.15) is 0 Å². The summed E-state index contributed by atoms with van der Waals surface area (Å²) in [6.45, 7) is 13.9. The fourth-order valence-corrected chi connectivity index (χ4v) is 2.96. The normalized spacial score (nSPS) is 10.9. The molecule has 0 heterocycles. The summed E-state index contributed by atoms with van der Waals surface area (Å²) in [6, 6.07) is 9.29. The summed E-state index contributed by atoms with van der Waals surface area (Å²) in [6.07, 6.45) is 4.41. The average molecular weight is 533 g/mol. The number of methoxy groups -OCH3 is 1. The second-order valence-corrected chi connectivity index (χ2v) is 9.06. The first kappa shape index (κ1) is 32.6. The zero-order chi connectivity index (χ0) is 28.6. The Balaban J connectivity index is 0.00000168. The van der Waals surface area contributed by atoms with E-state index in [1.54, 1.807) is 50.6 Å². The van der Waals surface area contributed by atoms with Crippen molar-refractivity contribution in [3.63, 3.8) is 0 Å². The average Bonchev–Trinajstić information content (AvgIpc) is 2.84.